The smallest absolute Gasteiger partial charge is 0.331 e. The molecule has 0 amide bonds. The Labute approximate surface area is 153 Å². The molecule has 0 aromatic heterocycles. The number of rotatable bonds is 4. The van der Waals surface area contributed by atoms with Crippen LogP contribution in [0.4, 0.5) is 0 Å². The summed E-state index contributed by atoms with van der Waals surface area (Å²) in [6, 6.07) is 12.8. The molecule has 0 radical (unpaired) electrons. The van der Waals surface area contributed by atoms with Gasteiger partial charge in [-0.15, -0.1) is 0 Å². The van der Waals surface area contributed by atoms with E-state index in [1.54, 1.807) is 55.5 Å². The molecule has 136 valence electrons. The zero-order valence-electron chi connectivity index (χ0n) is 15.0. The zero-order valence-corrected chi connectivity index (χ0v) is 15.8. The second-order valence-corrected chi connectivity index (χ2v) is 8.30. The Kier molecular flexibility index (Phi) is 4.96. The molecule has 0 saturated carbocycles. The lowest BCUT2D eigenvalue weighted by molar-refractivity contribution is -0.145. The second kappa shape index (κ2) is 7.03. The monoisotopic (exact) mass is 371 g/mol. The van der Waals surface area contributed by atoms with Crippen LogP contribution in [0.5, 0.6) is 0 Å². The first-order valence-electron chi connectivity index (χ1n) is 8.56. The first-order chi connectivity index (χ1) is 12.4. The molecule has 2 aromatic rings. The minimum atomic E-state index is -3.62. The number of carbonyl (C=O) groups is 1. The van der Waals surface area contributed by atoms with E-state index in [1.165, 1.54) is 0 Å². The van der Waals surface area contributed by atoms with E-state index in [9.17, 15) is 13.2 Å². The first-order valence-corrected chi connectivity index (χ1v) is 10.0. The van der Waals surface area contributed by atoms with E-state index in [4.69, 9.17) is 4.74 Å². The molecule has 0 fully saturated rings. The van der Waals surface area contributed by atoms with Gasteiger partial charge in [-0.1, -0.05) is 50.2 Å². The summed E-state index contributed by atoms with van der Waals surface area (Å²) in [6.45, 7) is 5.81. The first kappa shape index (κ1) is 18.3. The van der Waals surface area contributed by atoms with Gasteiger partial charge in [-0.2, -0.15) is 0 Å². The molecule has 0 spiro atoms. The summed E-state index contributed by atoms with van der Waals surface area (Å²) in [5.74, 6) is -0.488. The Morgan fingerprint density at radius 1 is 1.00 bits per heavy atom. The highest BCUT2D eigenvalue weighted by Crippen LogP contribution is 2.35. The van der Waals surface area contributed by atoms with E-state index in [1.807, 2.05) is 13.8 Å². The number of nitrogens with zero attached hydrogens (tertiary/aromatic N) is 1. The van der Waals surface area contributed by atoms with Crippen molar-refractivity contribution in [3.8, 4) is 0 Å². The van der Waals surface area contributed by atoms with Gasteiger partial charge in [0.2, 0.25) is 9.84 Å². The summed E-state index contributed by atoms with van der Waals surface area (Å²) in [6.07, 6.45) is 0. The lowest BCUT2D eigenvalue weighted by Crippen LogP contribution is -2.30. The number of carbonyl (C=O) groups excluding carboxylic acids is 1. The zero-order chi connectivity index (χ0) is 18.9. The van der Waals surface area contributed by atoms with Crippen molar-refractivity contribution in [2.45, 2.75) is 36.6 Å². The third-order valence-electron chi connectivity index (χ3n) is 4.29. The van der Waals surface area contributed by atoms with Crippen molar-refractivity contribution in [1.29, 1.82) is 0 Å². The number of aliphatic imine (C=N–C) groups is 1. The third-order valence-corrected chi connectivity index (χ3v) is 6.16. The Balaban J connectivity index is 2.27. The van der Waals surface area contributed by atoms with Gasteiger partial charge in [0.15, 0.2) is 6.04 Å². The maximum atomic E-state index is 13.0. The average Bonchev–Trinajstić information content (AvgIpc) is 2.62. The molecular weight excluding hydrogens is 350 g/mol. The molecule has 3 rings (SSSR count). The summed E-state index contributed by atoms with van der Waals surface area (Å²) >= 11 is 0. The van der Waals surface area contributed by atoms with Gasteiger partial charge in [0, 0.05) is 11.1 Å². The number of esters is 1. The molecule has 1 aliphatic rings. The van der Waals surface area contributed by atoms with Crippen LogP contribution in [-0.2, 0) is 19.4 Å². The fourth-order valence-electron chi connectivity index (χ4n) is 3.04. The van der Waals surface area contributed by atoms with Crippen LogP contribution in [0.3, 0.4) is 0 Å². The molecule has 5 nitrogen and oxygen atoms in total. The molecule has 0 aliphatic carbocycles. The fraction of sp³-hybridized carbons (Fsp3) is 0.300. The van der Waals surface area contributed by atoms with E-state index in [0.29, 0.717) is 16.8 Å². The van der Waals surface area contributed by atoms with Gasteiger partial charge >= 0.3 is 5.97 Å². The molecule has 6 heteroatoms. The van der Waals surface area contributed by atoms with Crippen molar-refractivity contribution in [1.82, 2.24) is 0 Å². The molecule has 1 unspecified atom stereocenters. The van der Waals surface area contributed by atoms with E-state index in [-0.39, 0.29) is 22.3 Å². The highest BCUT2D eigenvalue weighted by Gasteiger charge is 2.34. The largest absolute Gasteiger partial charge is 0.464 e. The fourth-order valence-corrected chi connectivity index (χ4v) is 4.70. The quantitative estimate of drug-likeness (QED) is 0.660. The summed E-state index contributed by atoms with van der Waals surface area (Å²) in [5.41, 5.74) is 1.54. The molecule has 2 aromatic carbocycles. The number of fused-ring (bicyclic) bond motifs is 2. The number of hydrogen-bond donors (Lipinski definition) is 0. The predicted molar refractivity (Wildman–Crippen MR) is 99.2 cm³/mol. The Hall–Kier alpha value is -2.47. The van der Waals surface area contributed by atoms with E-state index >= 15 is 0 Å². The van der Waals surface area contributed by atoms with Crippen molar-refractivity contribution in [2.24, 2.45) is 10.9 Å². The predicted octanol–water partition coefficient (Wildman–Crippen LogP) is 3.26. The lowest BCUT2D eigenvalue weighted by atomic mass is 9.99. The van der Waals surface area contributed by atoms with Gasteiger partial charge < -0.3 is 4.74 Å². The van der Waals surface area contributed by atoms with Crippen LogP contribution in [-0.4, -0.2) is 32.7 Å². The molecule has 0 bridgehead atoms. The summed E-state index contributed by atoms with van der Waals surface area (Å²) in [4.78, 5) is 17.5. The van der Waals surface area contributed by atoms with Crippen LogP contribution in [0.1, 0.15) is 31.9 Å². The van der Waals surface area contributed by atoms with Crippen LogP contribution in [0, 0.1) is 5.92 Å². The van der Waals surface area contributed by atoms with Crippen molar-refractivity contribution >= 4 is 21.5 Å². The minimum Gasteiger partial charge on any atom is -0.464 e. The highest BCUT2D eigenvalue weighted by atomic mass is 32.2. The number of sulfone groups is 1. The molecule has 1 atom stereocenters. The second-order valence-electron chi connectivity index (χ2n) is 6.41. The van der Waals surface area contributed by atoms with E-state index in [2.05, 4.69) is 4.99 Å². The Bertz CT molecular complexity index is 921. The summed E-state index contributed by atoms with van der Waals surface area (Å²) < 4.78 is 31.1. The maximum absolute atomic E-state index is 13.0. The maximum Gasteiger partial charge on any atom is 0.331 e. The molecule has 26 heavy (non-hydrogen) atoms. The van der Waals surface area contributed by atoms with Crippen LogP contribution in [0.15, 0.2) is 63.3 Å². The van der Waals surface area contributed by atoms with E-state index < -0.39 is 21.8 Å². The Morgan fingerprint density at radius 3 is 1.96 bits per heavy atom. The van der Waals surface area contributed by atoms with Gasteiger partial charge in [0.25, 0.3) is 0 Å². The number of benzene rings is 2. The van der Waals surface area contributed by atoms with Crippen LogP contribution in [0.2, 0.25) is 0 Å². The van der Waals surface area contributed by atoms with Crippen LogP contribution in [0.25, 0.3) is 0 Å². The molecule has 0 saturated heterocycles. The summed E-state index contributed by atoms with van der Waals surface area (Å²) in [7, 11) is -3.62. The van der Waals surface area contributed by atoms with Gasteiger partial charge in [-0.3, -0.25) is 4.99 Å². The molecule has 1 aliphatic heterocycles. The standard InChI is InChI=1S/C20H21NO4S/c1-4-25-20(22)18(13(2)3)21-19-14-9-5-7-11-16(14)26(23,24)17-12-8-6-10-15(17)19/h5-13,18H,4H2,1-3H3. The molecule has 1 heterocycles. The van der Waals surface area contributed by atoms with Crippen molar-refractivity contribution in [3.05, 3.63) is 59.7 Å². The topological polar surface area (TPSA) is 72.8 Å². The van der Waals surface area contributed by atoms with Crippen LogP contribution < -0.4 is 0 Å². The van der Waals surface area contributed by atoms with Crippen molar-refractivity contribution in [3.63, 3.8) is 0 Å². The molecular formula is C20H21NO4S. The lowest BCUT2D eigenvalue weighted by Gasteiger charge is -2.24. The SMILES string of the molecule is CCOC(=O)C(N=C1c2ccccc2S(=O)(=O)c2ccccc21)C(C)C. The minimum absolute atomic E-state index is 0.0839. The Morgan fingerprint density at radius 2 is 1.50 bits per heavy atom. The van der Waals surface area contributed by atoms with Crippen molar-refractivity contribution < 1.29 is 17.9 Å². The number of ether oxygens (including phenoxy) is 1. The van der Waals surface area contributed by atoms with E-state index in [0.717, 1.165) is 0 Å². The average molecular weight is 371 g/mol. The van der Waals surface area contributed by atoms with Crippen LogP contribution >= 0.6 is 0 Å². The van der Waals surface area contributed by atoms with Gasteiger partial charge in [0.1, 0.15) is 0 Å². The van der Waals surface area contributed by atoms with Gasteiger partial charge in [-0.25, -0.2) is 13.2 Å². The molecule has 0 N–H and O–H groups in total. The normalized spacial score (nSPS) is 15.8. The third kappa shape index (κ3) is 3.05. The number of hydrogen-bond acceptors (Lipinski definition) is 5. The van der Waals surface area contributed by atoms with Gasteiger partial charge in [0.05, 0.1) is 22.1 Å². The van der Waals surface area contributed by atoms with Crippen molar-refractivity contribution in [2.75, 3.05) is 6.61 Å². The summed E-state index contributed by atoms with van der Waals surface area (Å²) in [5, 5.41) is 0. The highest BCUT2D eigenvalue weighted by molar-refractivity contribution is 7.91. The van der Waals surface area contributed by atoms with Gasteiger partial charge in [-0.05, 0) is 25.0 Å².